The molecule has 7 nitrogen and oxygen atoms in total. The van der Waals surface area contributed by atoms with Crippen LogP contribution < -0.4 is 0 Å². The molecule has 0 N–H and O–H groups in total. The molecule has 0 aliphatic rings. The lowest BCUT2D eigenvalue weighted by Crippen LogP contribution is -2.27. The smallest absolute Gasteiger partial charge is 0.282 e. The summed E-state index contributed by atoms with van der Waals surface area (Å²) in [6, 6.07) is 7.76. The Morgan fingerprint density at radius 3 is 2.71 bits per heavy atom. The predicted molar refractivity (Wildman–Crippen MR) is 76.8 cm³/mol. The predicted octanol–water partition coefficient (Wildman–Crippen LogP) is 2.08. The number of aryl methyl sites for hydroxylation is 1. The topological polar surface area (TPSA) is 81.3 Å². The maximum Gasteiger partial charge on any atom is 0.282 e. The number of hydrogen-bond acceptors (Lipinski definition) is 4. The summed E-state index contributed by atoms with van der Waals surface area (Å²) >= 11 is 0. The van der Waals surface area contributed by atoms with E-state index in [1.165, 1.54) is 23.1 Å². The Morgan fingerprint density at radius 1 is 1.38 bits per heavy atom. The first-order chi connectivity index (χ1) is 10.0. The van der Waals surface area contributed by atoms with Crippen LogP contribution in [-0.2, 0) is 13.1 Å². The number of amides is 1. The first-order valence-electron chi connectivity index (χ1n) is 6.54. The highest BCUT2D eigenvalue weighted by atomic mass is 16.6. The number of carbonyl (C=O) groups excluding carboxylic acids is 1. The molecule has 0 atom stereocenters. The molecule has 2 aromatic rings. The molecule has 0 spiro atoms. The minimum absolute atomic E-state index is 0.0833. The van der Waals surface area contributed by atoms with Crippen molar-refractivity contribution in [3.8, 4) is 0 Å². The van der Waals surface area contributed by atoms with E-state index in [-0.39, 0.29) is 11.3 Å². The first-order valence-corrected chi connectivity index (χ1v) is 6.54. The molecular weight excluding hydrogens is 272 g/mol. The fourth-order valence-electron chi connectivity index (χ4n) is 2.00. The van der Waals surface area contributed by atoms with Crippen molar-refractivity contribution in [3.63, 3.8) is 0 Å². The number of benzene rings is 1. The Morgan fingerprint density at radius 2 is 2.10 bits per heavy atom. The average molecular weight is 288 g/mol. The molecule has 0 aliphatic carbocycles. The van der Waals surface area contributed by atoms with Gasteiger partial charge in [0, 0.05) is 25.9 Å². The minimum Gasteiger partial charge on any atom is -0.336 e. The summed E-state index contributed by atoms with van der Waals surface area (Å²) < 4.78 is 1.76. The van der Waals surface area contributed by atoms with Crippen LogP contribution in [0.2, 0.25) is 0 Å². The van der Waals surface area contributed by atoms with E-state index in [4.69, 9.17) is 0 Å². The van der Waals surface area contributed by atoms with Gasteiger partial charge in [-0.25, -0.2) is 0 Å². The van der Waals surface area contributed by atoms with Crippen LogP contribution >= 0.6 is 0 Å². The van der Waals surface area contributed by atoms with Gasteiger partial charge in [0.2, 0.25) is 0 Å². The molecule has 110 valence electrons. The van der Waals surface area contributed by atoms with Crippen LogP contribution in [0, 0.1) is 10.1 Å². The molecule has 1 aromatic carbocycles. The van der Waals surface area contributed by atoms with Gasteiger partial charge in [-0.2, -0.15) is 5.10 Å². The molecule has 0 radical (unpaired) electrons. The number of nitro benzene ring substituents is 1. The second-order valence-electron chi connectivity index (χ2n) is 4.60. The van der Waals surface area contributed by atoms with E-state index in [9.17, 15) is 14.9 Å². The summed E-state index contributed by atoms with van der Waals surface area (Å²) in [6.07, 6.45) is 1.83. The summed E-state index contributed by atoms with van der Waals surface area (Å²) in [5.41, 5.74) is 0.639. The van der Waals surface area contributed by atoms with Crippen LogP contribution in [0.25, 0.3) is 0 Å². The maximum atomic E-state index is 12.3. The number of para-hydroxylation sites is 1. The van der Waals surface area contributed by atoms with E-state index in [0.717, 1.165) is 12.2 Å². The standard InChI is InChI=1S/C14H16N4O3/c1-3-17-9-8-11(15-17)10-16(2)14(19)12-6-4-5-7-13(12)18(20)21/h4-9H,3,10H2,1-2H3. The number of nitro groups is 1. The minimum atomic E-state index is -0.549. The fourth-order valence-corrected chi connectivity index (χ4v) is 2.00. The van der Waals surface area contributed by atoms with E-state index in [1.807, 2.05) is 19.2 Å². The normalized spacial score (nSPS) is 10.4. The summed E-state index contributed by atoms with van der Waals surface area (Å²) in [6.45, 7) is 3.03. The van der Waals surface area contributed by atoms with Crippen molar-refractivity contribution in [2.75, 3.05) is 7.05 Å². The summed E-state index contributed by atoms with van der Waals surface area (Å²) in [4.78, 5) is 24.2. The molecule has 0 saturated heterocycles. The van der Waals surface area contributed by atoms with Crippen LogP contribution in [0.3, 0.4) is 0 Å². The molecule has 0 aliphatic heterocycles. The second kappa shape index (κ2) is 6.17. The lowest BCUT2D eigenvalue weighted by molar-refractivity contribution is -0.385. The van der Waals surface area contributed by atoms with Gasteiger partial charge in [0.1, 0.15) is 5.56 Å². The van der Waals surface area contributed by atoms with Crippen molar-refractivity contribution in [1.82, 2.24) is 14.7 Å². The zero-order chi connectivity index (χ0) is 15.4. The van der Waals surface area contributed by atoms with Gasteiger partial charge >= 0.3 is 0 Å². The Kier molecular flexibility index (Phi) is 4.32. The van der Waals surface area contributed by atoms with E-state index < -0.39 is 10.8 Å². The van der Waals surface area contributed by atoms with Crippen LogP contribution in [-0.4, -0.2) is 32.6 Å². The summed E-state index contributed by atoms with van der Waals surface area (Å²) in [5, 5.41) is 15.3. The highest BCUT2D eigenvalue weighted by molar-refractivity contribution is 5.97. The molecule has 1 heterocycles. The molecule has 0 saturated carbocycles. The number of nitrogens with zero attached hydrogens (tertiary/aromatic N) is 4. The first kappa shape index (κ1) is 14.7. The molecule has 0 bridgehead atoms. The number of hydrogen-bond donors (Lipinski definition) is 0. The third kappa shape index (κ3) is 3.25. The second-order valence-corrected chi connectivity index (χ2v) is 4.60. The third-order valence-electron chi connectivity index (χ3n) is 3.10. The quantitative estimate of drug-likeness (QED) is 0.623. The van der Waals surface area contributed by atoms with Crippen molar-refractivity contribution in [1.29, 1.82) is 0 Å². The Labute approximate surface area is 121 Å². The zero-order valence-electron chi connectivity index (χ0n) is 11.9. The van der Waals surface area contributed by atoms with Gasteiger partial charge in [0.25, 0.3) is 11.6 Å². The van der Waals surface area contributed by atoms with Crippen molar-refractivity contribution in [3.05, 3.63) is 57.9 Å². The zero-order valence-corrected chi connectivity index (χ0v) is 11.9. The Balaban J connectivity index is 2.17. The number of aromatic nitrogens is 2. The lowest BCUT2D eigenvalue weighted by Gasteiger charge is -2.15. The van der Waals surface area contributed by atoms with Gasteiger partial charge in [-0.15, -0.1) is 0 Å². The molecule has 1 amide bonds. The van der Waals surface area contributed by atoms with E-state index >= 15 is 0 Å². The molecule has 2 rings (SSSR count). The average Bonchev–Trinajstić information content (AvgIpc) is 2.94. The van der Waals surface area contributed by atoms with Gasteiger partial charge in [-0.1, -0.05) is 12.1 Å². The monoisotopic (exact) mass is 288 g/mol. The highest BCUT2D eigenvalue weighted by Crippen LogP contribution is 2.19. The fraction of sp³-hybridized carbons (Fsp3) is 0.286. The van der Waals surface area contributed by atoms with Crippen LogP contribution in [0.1, 0.15) is 23.0 Å². The van der Waals surface area contributed by atoms with Gasteiger partial charge in [-0.05, 0) is 19.1 Å². The summed E-state index contributed by atoms with van der Waals surface area (Å²) in [7, 11) is 1.60. The summed E-state index contributed by atoms with van der Waals surface area (Å²) in [5.74, 6) is -0.395. The van der Waals surface area contributed by atoms with Gasteiger partial charge in [0.05, 0.1) is 17.2 Å². The van der Waals surface area contributed by atoms with Crippen LogP contribution in [0.15, 0.2) is 36.5 Å². The van der Waals surface area contributed by atoms with Crippen molar-refractivity contribution in [2.24, 2.45) is 0 Å². The Hall–Kier alpha value is -2.70. The molecule has 0 unspecified atom stereocenters. The molecule has 21 heavy (non-hydrogen) atoms. The van der Waals surface area contributed by atoms with Gasteiger partial charge < -0.3 is 4.90 Å². The van der Waals surface area contributed by atoms with E-state index in [0.29, 0.717) is 6.54 Å². The molecule has 1 aromatic heterocycles. The van der Waals surface area contributed by atoms with E-state index in [2.05, 4.69) is 5.10 Å². The maximum absolute atomic E-state index is 12.3. The lowest BCUT2D eigenvalue weighted by atomic mass is 10.1. The molecule has 7 heteroatoms. The number of rotatable bonds is 5. The largest absolute Gasteiger partial charge is 0.336 e. The molecule has 0 fully saturated rings. The van der Waals surface area contributed by atoms with Crippen LogP contribution in [0.5, 0.6) is 0 Å². The molecular formula is C14H16N4O3. The van der Waals surface area contributed by atoms with Gasteiger partial charge in [0.15, 0.2) is 0 Å². The van der Waals surface area contributed by atoms with Gasteiger partial charge in [-0.3, -0.25) is 19.6 Å². The van der Waals surface area contributed by atoms with E-state index in [1.54, 1.807) is 17.8 Å². The van der Waals surface area contributed by atoms with Crippen molar-refractivity contribution in [2.45, 2.75) is 20.0 Å². The van der Waals surface area contributed by atoms with Crippen molar-refractivity contribution >= 4 is 11.6 Å². The number of carbonyl (C=O) groups is 1. The van der Waals surface area contributed by atoms with Crippen molar-refractivity contribution < 1.29 is 9.72 Å². The Bertz CT molecular complexity index is 666. The highest BCUT2D eigenvalue weighted by Gasteiger charge is 2.22. The van der Waals surface area contributed by atoms with Crippen LogP contribution in [0.4, 0.5) is 5.69 Å². The SMILES string of the molecule is CCn1ccc(CN(C)C(=O)c2ccccc2[N+](=O)[O-])n1. The third-order valence-corrected chi connectivity index (χ3v) is 3.10.